The van der Waals surface area contributed by atoms with Crippen molar-refractivity contribution in [3.8, 4) is 11.1 Å². The SMILES string of the molecule is Cc1ncccc1-c1cccc(N2CCN(C(=O)CCC3(C4CC4)NC(=O)NC3=O)CC2)c1. The highest BCUT2D eigenvalue weighted by molar-refractivity contribution is 6.07. The first kappa shape index (κ1) is 21.4. The predicted octanol–water partition coefficient (Wildman–Crippen LogP) is 2.47. The van der Waals surface area contributed by atoms with E-state index in [1.54, 1.807) is 6.20 Å². The second-order valence-electron chi connectivity index (χ2n) is 9.21. The molecule has 3 fully saturated rings. The molecular formula is C25H29N5O3. The molecular weight excluding hydrogens is 418 g/mol. The number of imide groups is 1. The van der Waals surface area contributed by atoms with Gasteiger partial charge in [0, 0.05) is 55.7 Å². The lowest BCUT2D eigenvalue weighted by molar-refractivity contribution is -0.132. The molecule has 1 aromatic carbocycles. The van der Waals surface area contributed by atoms with E-state index in [1.807, 2.05) is 17.9 Å². The summed E-state index contributed by atoms with van der Waals surface area (Å²) < 4.78 is 0. The number of pyridine rings is 1. The van der Waals surface area contributed by atoms with Crippen molar-refractivity contribution in [2.24, 2.45) is 5.92 Å². The summed E-state index contributed by atoms with van der Waals surface area (Å²) in [6.45, 7) is 4.81. The van der Waals surface area contributed by atoms with E-state index in [4.69, 9.17) is 0 Å². The summed E-state index contributed by atoms with van der Waals surface area (Å²) in [6, 6.07) is 12.0. The molecule has 0 spiro atoms. The zero-order valence-electron chi connectivity index (χ0n) is 18.8. The Morgan fingerprint density at radius 1 is 1.12 bits per heavy atom. The van der Waals surface area contributed by atoms with Gasteiger partial charge in [0.05, 0.1) is 0 Å². The molecule has 2 aromatic rings. The monoisotopic (exact) mass is 447 g/mol. The number of benzene rings is 1. The number of hydrogen-bond acceptors (Lipinski definition) is 5. The third kappa shape index (κ3) is 4.17. The molecule has 4 amide bonds. The molecule has 3 heterocycles. The van der Waals surface area contributed by atoms with Gasteiger partial charge in [0.25, 0.3) is 5.91 Å². The van der Waals surface area contributed by atoms with Gasteiger partial charge in [-0.2, -0.15) is 0 Å². The molecule has 3 aliphatic rings. The van der Waals surface area contributed by atoms with Crippen LogP contribution in [0.4, 0.5) is 10.5 Å². The number of carbonyl (C=O) groups is 3. The van der Waals surface area contributed by atoms with Gasteiger partial charge in [0.1, 0.15) is 5.54 Å². The first-order valence-electron chi connectivity index (χ1n) is 11.6. The molecule has 8 heteroatoms. The number of aromatic nitrogens is 1. The molecule has 1 aromatic heterocycles. The number of nitrogens with one attached hydrogen (secondary N) is 2. The molecule has 172 valence electrons. The fraction of sp³-hybridized carbons (Fsp3) is 0.440. The van der Waals surface area contributed by atoms with Crippen LogP contribution in [0.1, 0.15) is 31.4 Å². The average Bonchev–Trinajstić information content (AvgIpc) is 3.64. The minimum atomic E-state index is -0.903. The van der Waals surface area contributed by atoms with E-state index in [0.29, 0.717) is 19.5 Å². The number of rotatable bonds is 6. The van der Waals surface area contributed by atoms with Crippen LogP contribution < -0.4 is 15.5 Å². The first-order valence-corrected chi connectivity index (χ1v) is 11.6. The molecule has 1 aliphatic carbocycles. The van der Waals surface area contributed by atoms with Crippen LogP contribution in [0.2, 0.25) is 0 Å². The molecule has 2 aliphatic heterocycles. The quantitative estimate of drug-likeness (QED) is 0.664. The maximum absolute atomic E-state index is 12.9. The topological polar surface area (TPSA) is 94.6 Å². The van der Waals surface area contributed by atoms with Crippen LogP contribution in [0.3, 0.4) is 0 Å². The van der Waals surface area contributed by atoms with Crippen molar-refractivity contribution in [3.05, 3.63) is 48.3 Å². The number of hydrogen-bond donors (Lipinski definition) is 2. The maximum Gasteiger partial charge on any atom is 0.322 e. The Kier molecular flexibility index (Phi) is 5.52. The van der Waals surface area contributed by atoms with Gasteiger partial charge in [-0.05, 0) is 55.9 Å². The molecule has 2 N–H and O–H groups in total. The second kappa shape index (κ2) is 8.50. The summed E-state index contributed by atoms with van der Waals surface area (Å²) in [6.07, 6.45) is 4.26. The van der Waals surface area contributed by atoms with E-state index in [0.717, 1.165) is 48.4 Å². The van der Waals surface area contributed by atoms with E-state index >= 15 is 0 Å². The molecule has 1 atom stereocenters. The van der Waals surface area contributed by atoms with Crippen molar-refractivity contribution in [1.29, 1.82) is 0 Å². The summed E-state index contributed by atoms with van der Waals surface area (Å²) in [5.41, 5.74) is 3.50. The molecule has 1 unspecified atom stereocenters. The normalized spacial score (nSPS) is 22.8. The third-order valence-corrected chi connectivity index (χ3v) is 7.14. The summed E-state index contributed by atoms with van der Waals surface area (Å²) in [5.74, 6) is -0.0935. The summed E-state index contributed by atoms with van der Waals surface area (Å²) >= 11 is 0. The Balaban J connectivity index is 1.19. The van der Waals surface area contributed by atoms with Crippen LogP contribution in [-0.4, -0.2) is 59.4 Å². The van der Waals surface area contributed by atoms with E-state index in [2.05, 4.69) is 50.8 Å². The standard InChI is InChI=1S/C25H29N5O3/c1-17-21(6-3-11-26-17)18-4-2-5-20(16-18)29-12-14-30(15-13-29)22(31)9-10-25(19-7-8-19)23(32)27-24(33)28-25/h2-6,11,16,19H,7-10,12-15H2,1H3,(H2,27,28,32,33). The van der Waals surface area contributed by atoms with Gasteiger partial charge in [-0.1, -0.05) is 18.2 Å². The number of amides is 4. The van der Waals surface area contributed by atoms with Gasteiger partial charge in [-0.15, -0.1) is 0 Å². The summed E-state index contributed by atoms with van der Waals surface area (Å²) in [5, 5.41) is 5.16. The van der Waals surface area contributed by atoms with Gasteiger partial charge in [-0.3, -0.25) is 19.9 Å². The maximum atomic E-state index is 12.9. The number of anilines is 1. The Morgan fingerprint density at radius 3 is 2.58 bits per heavy atom. The predicted molar refractivity (Wildman–Crippen MR) is 125 cm³/mol. The number of nitrogens with zero attached hydrogens (tertiary/aromatic N) is 3. The van der Waals surface area contributed by atoms with Crippen molar-refractivity contribution in [1.82, 2.24) is 20.5 Å². The zero-order chi connectivity index (χ0) is 23.0. The fourth-order valence-electron chi connectivity index (χ4n) is 5.08. The van der Waals surface area contributed by atoms with Crippen LogP contribution in [0, 0.1) is 12.8 Å². The van der Waals surface area contributed by atoms with Crippen LogP contribution >= 0.6 is 0 Å². The highest BCUT2D eigenvalue weighted by Crippen LogP contribution is 2.43. The molecule has 2 saturated heterocycles. The average molecular weight is 448 g/mol. The van der Waals surface area contributed by atoms with Crippen LogP contribution in [0.5, 0.6) is 0 Å². The minimum Gasteiger partial charge on any atom is -0.368 e. The van der Waals surface area contributed by atoms with Crippen LogP contribution in [-0.2, 0) is 9.59 Å². The van der Waals surface area contributed by atoms with E-state index in [9.17, 15) is 14.4 Å². The Morgan fingerprint density at radius 2 is 1.91 bits per heavy atom. The lowest BCUT2D eigenvalue weighted by Gasteiger charge is -2.37. The highest BCUT2D eigenvalue weighted by Gasteiger charge is 2.55. The lowest BCUT2D eigenvalue weighted by Crippen LogP contribution is -2.51. The molecule has 5 rings (SSSR count). The van der Waals surface area contributed by atoms with E-state index in [-0.39, 0.29) is 24.2 Å². The highest BCUT2D eigenvalue weighted by atomic mass is 16.2. The number of urea groups is 1. The zero-order valence-corrected chi connectivity index (χ0v) is 18.8. The molecule has 1 saturated carbocycles. The largest absolute Gasteiger partial charge is 0.368 e. The van der Waals surface area contributed by atoms with Gasteiger partial charge in [0.2, 0.25) is 5.91 Å². The molecule has 0 radical (unpaired) electrons. The lowest BCUT2D eigenvalue weighted by atomic mass is 9.87. The minimum absolute atomic E-state index is 0.0448. The number of carbonyl (C=O) groups excluding carboxylic acids is 3. The first-order chi connectivity index (χ1) is 16.0. The smallest absolute Gasteiger partial charge is 0.322 e. The van der Waals surface area contributed by atoms with Gasteiger partial charge >= 0.3 is 6.03 Å². The van der Waals surface area contributed by atoms with Gasteiger partial charge in [0.15, 0.2) is 0 Å². The Hall–Kier alpha value is -3.42. The van der Waals surface area contributed by atoms with Crippen LogP contribution in [0.15, 0.2) is 42.6 Å². The second-order valence-corrected chi connectivity index (χ2v) is 9.21. The number of piperazine rings is 1. The summed E-state index contributed by atoms with van der Waals surface area (Å²) in [4.78, 5) is 45.6. The number of aryl methyl sites for hydroxylation is 1. The van der Waals surface area contributed by atoms with Crippen molar-refractivity contribution in [3.63, 3.8) is 0 Å². The molecule has 8 nitrogen and oxygen atoms in total. The van der Waals surface area contributed by atoms with E-state index in [1.165, 1.54) is 0 Å². The Bertz CT molecular complexity index is 1090. The fourth-order valence-corrected chi connectivity index (χ4v) is 5.08. The molecule has 0 bridgehead atoms. The Labute approximate surface area is 193 Å². The van der Waals surface area contributed by atoms with Crippen molar-refractivity contribution < 1.29 is 14.4 Å². The molecule has 33 heavy (non-hydrogen) atoms. The summed E-state index contributed by atoms with van der Waals surface area (Å²) in [7, 11) is 0. The van der Waals surface area contributed by atoms with Crippen molar-refractivity contribution >= 4 is 23.5 Å². The van der Waals surface area contributed by atoms with Crippen molar-refractivity contribution in [2.75, 3.05) is 31.1 Å². The van der Waals surface area contributed by atoms with Gasteiger partial charge < -0.3 is 15.1 Å². The van der Waals surface area contributed by atoms with Crippen molar-refractivity contribution in [2.45, 2.75) is 38.1 Å². The van der Waals surface area contributed by atoms with Crippen LogP contribution in [0.25, 0.3) is 11.1 Å². The van der Waals surface area contributed by atoms with Gasteiger partial charge in [-0.25, -0.2) is 4.79 Å². The van der Waals surface area contributed by atoms with E-state index < -0.39 is 11.6 Å². The third-order valence-electron chi connectivity index (χ3n) is 7.14.